The van der Waals surface area contributed by atoms with Crippen molar-refractivity contribution in [3.63, 3.8) is 0 Å². The molecule has 1 fully saturated rings. The number of aromatic nitrogens is 2. The molecule has 1 unspecified atom stereocenters. The van der Waals surface area contributed by atoms with Gasteiger partial charge >= 0.3 is 0 Å². The van der Waals surface area contributed by atoms with Crippen molar-refractivity contribution in [2.24, 2.45) is 5.92 Å². The minimum atomic E-state index is -4.07. The van der Waals surface area contributed by atoms with E-state index in [4.69, 9.17) is 4.52 Å². The number of amides is 1. The van der Waals surface area contributed by atoms with E-state index >= 15 is 0 Å². The number of nitrogens with zero attached hydrogens (tertiary/aromatic N) is 3. The molecule has 1 heterocycles. The Morgan fingerprint density at radius 2 is 1.86 bits per heavy atom. The van der Waals surface area contributed by atoms with Crippen LogP contribution in [0.25, 0.3) is 0 Å². The van der Waals surface area contributed by atoms with Crippen LogP contribution in [0.3, 0.4) is 0 Å². The molecule has 1 aliphatic carbocycles. The first-order chi connectivity index (χ1) is 16.5. The zero-order valence-corrected chi connectivity index (χ0v) is 20.2. The lowest BCUT2D eigenvalue weighted by atomic mass is 10.0. The fourth-order valence-electron chi connectivity index (χ4n) is 3.48. The molecule has 0 bridgehead atoms. The fraction of sp³-hybridized carbons (Fsp3) is 0.348. The summed E-state index contributed by atoms with van der Waals surface area (Å²) in [7, 11) is -4.07. The second kappa shape index (κ2) is 9.45. The normalized spacial score (nSPS) is 14.5. The molecule has 0 saturated heterocycles. The lowest BCUT2D eigenvalue weighted by molar-refractivity contribution is -0.385. The highest BCUT2D eigenvalue weighted by atomic mass is 32.2. The van der Waals surface area contributed by atoms with Crippen molar-refractivity contribution in [1.82, 2.24) is 15.5 Å². The van der Waals surface area contributed by atoms with Crippen LogP contribution in [0.4, 0.5) is 11.4 Å². The number of nitro benzene ring substituents is 1. The number of aryl methyl sites for hydroxylation is 1. The van der Waals surface area contributed by atoms with Gasteiger partial charge < -0.3 is 9.84 Å². The Labute approximate surface area is 202 Å². The van der Waals surface area contributed by atoms with E-state index < -0.39 is 21.0 Å². The molecular formula is C23H25N5O6S. The summed E-state index contributed by atoms with van der Waals surface area (Å²) < 4.78 is 33.2. The number of carbonyl (C=O) groups is 1. The molecule has 1 aliphatic rings. The second-order valence-electron chi connectivity index (χ2n) is 8.85. The monoisotopic (exact) mass is 499 g/mol. The Morgan fingerprint density at radius 3 is 2.46 bits per heavy atom. The number of hydrogen-bond donors (Lipinski definition) is 2. The van der Waals surface area contributed by atoms with Gasteiger partial charge in [0, 0.05) is 28.8 Å². The van der Waals surface area contributed by atoms with Crippen LogP contribution in [0.2, 0.25) is 0 Å². The number of sulfonamides is 1. The summed E-state index contributed by atoms with van der Waals surface area (Å²) in [6, 6.07) is 9.05. The van der Waals surface area contributed by atoms with Crippen LogP contribution < -0.4 is 10.0 Å². The molecule has 1 amide bonds. The van der Waals surface area contributed by atoms with Crippen molar-refractivity contribution in [3.05, 3.63) is 75.4 Å². The number of nitro groups is 1. The Balaban J connectivity index is 1.46. The fourth-order valence-corrected chi connectivity index (χ4v) is 4.55. The standard InChI is InChI=1S/C23H25N5O6S/c1-13(2)20(23-25-21(26-34-23)15-5-6-15)24-22(29)16-7-9-17(10-8-16)27-35(32,33)18-11-4-14(3)19(12-18)28(30)31/h4,7-13,15,20,27H,5-6H2,1-3H3,(H,24,29). The number of hydrogen-bond acceptors (Lipinski definition) is 8. The van der Waals surface area contributed by atoms with Crippen molar-refractivity contribution in [3.8, 4) is 0 Å². The summed E-state index contributed by atoms with van der Waals surface area (Å²) in [5, 5.41) is 18.1. The van der Waals surface area contributed by atoms with E-state index in [1.54, 1.807) is 0 Å². The van der Waals surface area contributed by atoms with Crippen LogP contribution in [0.1, 0.15) is 66.3 Å². The minimum Gasteiger partial charge on any atom is -0.340 e. The topological polar surface area (TPSA) is 157 Å². The van der Waals surface area contributed by atoms with Gasteiger partial charge in [0.15, 0.2) is 5.82 Å². The van der Waals surface area contributed by atoms with Crippen LogP contribution >= 0.6 is 0 Å². The SMILES string of the molecule is Cc1ccc(S(=O)(=O)Nc2ccc(C(=O)NC(c3nc(C4CC4)no3)C(C)C)cc2)cc1[N+](=O)[O-]. The van der Waals surface area contributed by atoms with Gasteiger partial charge in [0.05, 0.1) is 9.82 Å². The van der Waals surface area contributed by atoms with E-state index in [0.717, 1.165) is 18.9 Å². The maximum Gasteiger partial charge on any atom is 0.273 e. The van der Waals surface area contributed by atoms with Crippen molar-refractivity contribution in [1.29, 1.82) is 0 Å². The van der Waals surface area contributed by atoms with E-state index in [0.29, 0.717) is 28.8 Å². The molecule has 4 rings (SSSR count). The average molecular weight is 500 g/mol. The summed E-state index contributed by atoms with van der Waals surface area (Å²) in [6.45, 7) is 5.39. The van der Waals surface area contributed by atoms with Gasteiger partial charge in [0.1, 0.15) is 6.04 Å². The third-order valence-electron chi connectivity index (χ3n) is 5.71. The van der Waals surface area contributed by atoms with Gasteiger partial charge in [-0.25, -0.2) is 8.42 Å². The van der Waals surface area contributed by atoms with Crippen molar-refractivity contribution >= 4 is 27.3 Å². The molecule has 35 heavy (non-hydrogen) atoms. The zero-order chi connectivity index (χ0) is 25.3. The van der Waals surface area contributed by atoms with Gasteiger partial charge in [0.2, 0.25) is 5.89 Å². The van der Waals surface area contributed by atoms with E-state index in [-0.39, 0.29) is 28.1 Å². The first-order valence-electron chi connectivity index (χ1n) is 11.1. The summed E-state index contributed by atoms with van der Waals surface area (Å²) in [4.78, 5) is 27.5. The first-order valence-corrected chi connectivity index (χ1v) is 12.6. The molecule has 12 heteroatoms. The van der Waals surface area contributed by atoms with Gasteiger partial charge in [-0.1, -0.05) is 25.1 Å². The van der Waals surface area contributed by atoms with E-state index in [1.165, 1.54) is 43.3 Å². The average Bonchev–Trinajstić information content (AvgIpc) is 3.54. The van der Waals surface area contributed by atoms with Crippen molar-refractivity contribution < 1.29 is 22.7 Å². The van der Waals surface area contributed by atoms with Crippen LogP contribution in [0.5, 0.6) is 0 Å². The lowest BCUT2D eigenvalue weighted by Crippen LogP contribution is -2.32. The van der Waals surface area contributed by atoms with Crippen LogP contribution in [0.15, 0.2) is 51.9 Å². The predicted molar refractivity (Wildman–Crippen MR) is 126 cm³/mol. The molecule has 184 valence electrons. The largest absolute Gasteiger partial charge is 0.340 e. The van der Waals surface area contributed by atoms with Gasteiger partial charge in [-0.05, 0) is 56.0 Å². The first kappa shape index (κ1) is 24.3. The maximum absolute atomic E-state index is 12.8. The molecule has 2 aromatic carbocycles. The molecule has 0 spiro atoms. The summed E-state index contributed by atoms with van der Waals surface area (Å²) in [5.74, 6) is 0.968. The molecule has 1 atom stereocenters. The molecule has 0 radical (unpaired) electrons. The third kappa shape index (κ3) is 5.48. The molecule has 0 aliphatic heterocycles. The van der Waals surface area contributed by atoms with Crippen LogP contribution in [-0.2, 0) is 10.0 Å². The number of carbonyl (C=O) groups excluding carboxylic acids is 1. The number of nitrogens with one attached hydrogen (secondary N) is 2. The summed E-state index contributed by atoms with van der Waals surface area (Å²) >= 11 is 0. The molecule has 3 aromatic rings. The number of benzene rings is 2. The number of anilines is 1. The molecule has 2 N–H and O–H groups in total. The van der Waals surface area contributed by atoms with Crippen molar-refractivity contribution in [2.75, 3.05) is 4.72 Å². The van der Waals surface area contributed by atoms with Gasteiger partial charge in [0.25, 0.3) is 21.6 Å². The van der Waals surface area contributed by atoms with Crippen molar-refractivity contribution in [2.45, 2.75) is 50.5 Å². The quantitative estimate of drug-likeness (QED) is 0.329. The maximum atomic E-state index is 12.8. The van der Waals surface area contributed by atoms with Gasteiger partial charge in [-0.3, -0.25) is 19.6 Å². The highest BCUT2D eigenvalue weighted by Gasteiger charge is 2.31. The molecule has 11 nitrogen and oxygen atoms in total. The molecule has 1 aromatic heterocycles. The minimum absolute atomic E-state index is 0.00361. The third-order valence-corrected chi connectivity index (χ3v) is 7.09. The zero-order valence-electron chi connectivity index (χ0n) is 19.4. The van der Waals surface area contributed by atoms with Gasteiger partial charge in [-0.15, -0.1) is 0 Å². The number of rotatable bonds is 9. The smallest absolute Gasteiger partial charge is 0.273 e. The van der Waals surface area contributed by atoms with E-state index in [1.807, 2.05) is 13.8 Å². The van der Waals surface area contributed by atoms with Gasteiger partial charge in [-0.2, -0.15) is 4.98 Å². The lowest BCUT2D eigenvalue weighted by Gasteiger charge is -2.18. The summed E-state index contributed by atoms with van der Waals surface area (Å²) in [5.41, 5.74) is 0.584. The van der Waals surface area contributed by atoms with E-state index in [2.05, 4.69) is 20.2 Å². The van der Waals surface area contributed by atoms with E-state index in [9.17, 15) is 23.3 Å². The predicted octanol–water partition coefficient (Wildman–Crippen LogP) is 4.09. The Hall–Kier alpha value is -3.80. The highest BCUT2D eigenvalue weighted by Crippen LogP contribution is 2.38. The summed E-state index contributed by atoms with van der Waals surface area (Å²) in [6.07, 6.45) is 2.07. The van der Waals surface area contributed by atoms with Crippen LogP contribution in [0, 0.1) is 23.0 Å². The Bertz CT molecular complexity index is 1360. The molecular weight excluding hydrogens is 474 g/mol. The second-order valence-corrected chi connectivity index (χ2v) is 10.5. The Morgan fingerprint density at radius 1 is 1.17 bits per heavy atom. The molecule has 1 saturated carbocycles. The Kier molecular flexibility index (Phi) is 6.57. The highest BCUT2D eigenvalue weighted by molar-refractivity contribution is 7.92. The van der Waals surface area contributed by atoms with Crippen LogP contribution in [-0.4, -0.2) is 29.4 Å².